The number of carbonyl (C=O) groups is 1. The van der Waals surface area contributed by atoms with Crippen LogP contribution in [-0.4, -0.2) is 42.6 Å². The highest BCUT2D eigenvalue weighted by atomic mass is 16.5. The molecule has 2 rings (SSSR count). The van der Waals surface area contributed by atoms with Gasteiger partial charge in [0.2, 0.25) is 0 Å². The number of hydrogen-bond donors (Lipinski definition) is 1. The van der Waals surface area contributed by atoms with Gasteiger partial charge in [0.05, 0.1) is 0 Å². The van der Waals surface area contributed by atoms with E-state index in [0.29, 0.717) is 6.42 Å². The third kappa shape index (κ3) is 6.01. The molecule has 1 N–H and O–H groups in total. The molecular formula is C22H36N2O2. The van der Waals surface area contributed by atoms with Crippen LogP contribution < -0.4 is 10.1 Å². The van der Waals surface area contributed by atoms with E-state index in [1.807, 2.05) is 25.1 Å². The smallest absolute Gasteiger partial charge is 0.261 e. The van der Waals surface area contributed by atoms with Crippen LogP contribution in [0.25, 0.3) is 0 Å². The molecule has 146 valence electrons. The number of piperidine rings is 1. The van der Waals surface area contributed by atoms with Crippen LogP contribution in [0, 0.1) is 13.8 Å². The van der Waals surface area contributed by atoms with Gasteiger partial charge < -0.3 is 15.0 Å². The Balaban J connectivity index is 1.75. The molecule has 1 aromatic carbocycles. The molecule has 0 bridgehead atoms. The van der Waals surface area contributed by atoms with E-state index < -0.39 is 6.10 Å². The first-order valence-corrected chi connectivity index (χ1v) is 10.3. The number of benzene rings is 1. The number of nitrogens with one attached hydrogen (secondary N) is 1. The molecule has 1 aliphatic rings. The Kier molecular flexibility index (Phi) is 8.43. The topological polar surface area (TPSA) is 41.6 Å². The van der Waals surface area contributed by atoms with E-state index in [2.05, 4.69) is 31.0 Å². The Labute approximate surface area is 159 Å². The van der Waals surface area contributed by atoms with Crippen LogP contribution in [0.15, 0.2) is 18.2 Å². The van der Waals surface area contributed by atoms with Crippen LogP contribution in [0.2, 0.25) is 0 Å². The van der Waals surface area contributed by atoms with Gasteiger partial charge in [-0.25, -0.2) is 0 Å². The van der Waals surface area contributed by atoms with Crippen molar-refractivity contribution in [3.05, 3.63) is 29.3 Å². The molecule has 0 aliphatic carbocycles. The van der Waals surface area contributed by atoms with Crippen molar-refractivity contribution in [3.63, 3.8) is 0 Å². The van der Waals surface area contributed by atoms with Gasteiger partial charge in [-0.15, -0.1) is 0 Å². The molecule has 0 spiro atoms. The zero-order valence-electron chi connectivity index (χ0n) is 17.0. The number of rotatable bonds is 9. The number of likely N-dealkylation sites (tertiary alicyclic amines) is 1. The monoisotopic (exact) mass is 360 g/mol. The molecule has 1 fully saturated rings. The maximum Gasteiger partial charge on any atom is 0.261 e. The fourth-order valence-corrected chi connectivity index (χ4v) is 3.70. The maximum absolute atomic E-state index is 12.5. The summed E-state index contributed by atoms with van der Waals surface area (Å²) in [6, 6.07) is 6.72. The summed E-state index contributed by atoms with van der Waals surface area (Å²) in [6.07, 6.45) is 6.48. The molecule has 0 unspecified atom stereocenters. The second-order valence-electron chi connectivity index (χ2n) is 7.50. The lowest BCUT2D eigenvalue weighted by molar-refractivity contribution is -0.128. The summed E-state index contributed by atoms with van der Waals surface area (Å²) < 4.78 is 5.92. The van der Waals surface area contributed by atoms with Crippen molar-refractivity contribution in [2.24, 2.45) is 0 Å². The number of hydrogen-bond acceptors (Lipinski definition) is 3. The summed E-state index contributed by atoms with van der Waals surface area (Å²) in [6.45, 7) is 11.4. The minimum atomic E-state index is -0.421. The predicted octanol–water partition coefficient (Wildman–Crippen LogP) is 4.23. The second kappa shape index (κ2) is 10.6. The fourth-order valence-electron chi connectivity index (χ4n) is 3.70. The SMILES string of the molecule is CC[C@@H]1CCCCN1CCCNC(=O)[C@@H](CC)Oc1ccc(C)c(C)c1. The lowest BCUT2D eigenvalue weighted by atomic mass is 10.00. The van der Waals surface area contributed by atoms with Crippen LogP contribution >= 0.6 is 0 Å². The normalized spacial score (nSPS) is 19.2. The average Bonchev–Trinajstić information content (AvgIpc) is 2.66. The summed E-state index contributed by atoms with van der Waals surface area (Å²) in [5.41, 5.74) is 2.42. The van der Waals surface area contributed by atoms with Gasteiger partial charge in [-0.05, 0) is 75.8 Å². The van der Waals surface area contributed by atoms with Gasteiger partial charge in [-0.1, -0.05) is 26.3 Å². The van der Waals surface area contributed by atoms with Crippen molar-refractivity contribution in [2.75, 3.05) is 19.6 Å². The molecule has 0 radical (unpaired) electrons. The molecule has 1 saturated heterocycles. The molecule has 26 heavy (non-hydrogen) atoms. The van der Waals surface area contributed by atoms with E-state index in [1.165, 1.54) is 43.4 Å². The molecule has 2 atom stereocenters. The summed E-state index contributed by atoms with van der Waals surface area (Å²) in [5, 5.41) is 3.06. The lowest BCUT2D eigenvalue weighted by Gasteiger charge is -2.35. The number of aryl methyl sites for hydroxylation is 2. The van der Waals surface area contributed by atoms with Crippen molar-refractivity contribution in [1.82, 2.24) is 10.2 Å². The minimum absolute atomic E-state index is 0.00332. The molecular weight excluding hydrogens is 324 g/mol. The van der Waals surface area contributed by atoms with E-state index in [1.54, 1.807) is 0 Å². The summed E-state index contributed by atoms with van der Waals surface area (Å²) in [5.74, 6) is 0.769. The number of carbonyl (C=O) groups excluding carboxylic acids is 1. The third-order valence-corrected chi connectivity index (χ3v) is 5.56. The molecule has 4 nitrogen and oxygen atoms in total. The standard InChI is InChI=1S/C22H36N2O2/c1-5-19-10-7-8-14-24(19)15-9-13-23-22(25)21(6-2)26-20-12-11-17(3)18(4)16-20/h11-12,16,19,21H,5-10,13-15H2,1-4H3,(H,23,25)/t19-,21-/m1/s1. The Morgan fingerprint density at radius 3 is 2.77 bits per heavy atom. The van der Waals surface area contributed by atoms with Crippen LogP contribution in [0.5, 0.6) is 5.75 Å². The molecule has 1 heterocycles. The van der Waals surface area contributed by atoms with Crippen LogP contribution in [0.4, 0.5) is 0 Å². The van der Waals surface area contributed by atoms with Crippen molar-refractivity contribution in [1.29, 1.82) is 0 Å². The predicted molar refractivity (Wildman–Crippen MR) is 108 cm³/mol. The highest BCUT2D eigenvalue weighted by molar-refractivity contribution is 5.81. The second-order valence-corrected chi connectivity index (χ2v) is 7.50. The van der Waals surface area contributed by atoms with Crippen LogP contribution in [0.3, 0.4) is 0 Å². The third-order valence-electron chi connectivity index (χ3n) is 5.56. The number of ether oxygens (including phenoxy) is 1. The quantitative estimate of drug-likeness (QED) is 0.670. The fraction of sp³-hybridized carbons (Fsp3) is 0.682. The minimum Gasteiger partial charge on any atom is -0.481 e. The Morgan fingerprint density at radius 1 is 1.27 bits per heavy atom. The van der Waals surface area contributed by atoms with Crippen molar-refractivity contribution < 1.29 is 9.53 Å². The Bertz CT molecular complexity index is 573. The van der Waals surface area contributed by atoms with E-state index in [9.17, 15) is 4.79 Å². The first-order chi connectivity index (χ1) is 12.5. The van der Waals surface area contributed by atoms with E-state index in [-0.39, 0.29) is 5.91 Å². The molecule has 1 aliphatic heterocycles. The van der Waals surface area contributed by atoms with Crippen molar-refractivity contribution in [3.8, 4) is 5.75 Å². The maximum atomic E-state index is 12.5. The van der Waals surface area contributed by atoms with Gasteiger partial charge in [0.1, 0.15) is 5.75 Å². The van der Waals surface area contributed by atoms with Gasteiger partial charge in [0.25, 0.3) is 5.91 Å². The highest BCUT2D eigenvalue weighted by Crippen LogP contribution is 2.20. The molecule has 0 aromatic heterocycles. The summed E-state index contributed by atoms with van der Waals surface area (Å²) in [7, 11) is 0. The van der Waals surface area contributed by atoms with Gasteiger partial charge in [0, 0.05) is 19.1 Å². The molecule has 1 amide bonds. The molecule has 4 heteroatoms. The van der Waals surface area contributed by atoms with E-state index in [0.717, 1.165) is 31.3 Å². The van der Waals surface area contributed by atoms with Crippen molar-refractivity contribution >= 4 is 5.91 Å². The first-order valence-electron chi connectivity index (χ1n) is 10.3. The van der Waals surface area contributed by atoms with E-state index >= 15 is 0 Å². The van der Waals surface area contributed by atoms with Gasteiger partial charge >= 0.3 is 0 Å². The average molecular weight is 361 g/mol. The van der Waals surface area contributed by atoms with Gasteiger partial charge in [-0.3, -0.25) is 4.79 Å². The summed E-state index contributed by atoms with van der Waals surface area (Å²) >= 11 is 0. The first kappa shape index (κ1) is 20.8. The Hall–Kier alpha value is -1.55. The Morgan fingerprint density at radius 2 is 2.08 bits per heavy atom. The van der Waals surface area contributed by atoms with Gasteiger partial charge in [-0.2, -0.15) is 0 Å². The summed E-state index contributed by atoms with van der Waals surface area (Å²) in [4.78, 5) is 15.0. The van der Waals surface area contributed by atoms with Crippen LogP contribution in [0.1, 0.15) is 63.5 Å². The van der Waals surface area contributed by atoms with E-state index in [4.69, 9.17) is 4.74 Å². The number of amides is 1. The zero-order chi connectivity index (χ0) is 18.9. The van der Waals surface area contributed by atoms with Gasteiger partial charge in [0.15, 0.2) is 6.10 Å². The number of nitrogens with zero attached hydrogens (tertiary/aromatic N) is 1. The molecule has 1 aromatic rings. The highest BCUT2D eigenvalue weighted by Gasteiger charge is 2.21. The van der Waals surface area contributed by atoms with Crippen molar-refractivity contribution in [2.45, 2.75) is 78.4 Å². The zero-order valence-corrected chi connectivity index (χ0v) is 17.0. The lowest BCUT2D eigenvalue weighted by Crippen LogP contribution is -2.42. The molecule has 0 saturated carbocycles. The largest absolute Gasteiger partial charge is 0.481 e. The van der Waals surface area contributed by atoms with Crippen LogP contribution in [-0.2, 0) is 4.79 Å².